The molecule has 1 saturated carbocycles. The first-order chi connectivity index (χ1) is 7.38. The van der Waals surface area contributed by atoms with E-state index >= 15 is 0 Å². The van der Waals surface area contributed by atoms with Crippen LogP contribution in [-0.2, 0) is 6.42 Å². The van der Waals surface area contributed by atoms with Gasteiger partial charge in [-0.15, -0.1) is 0 Å². The predicted octanol–water partition coefficient (Wildman–Crippen LogP) is 2.43. The van der Waals surface area contributed by atoms with Crippen molar-refractivity contribution in [1.29, 1.82) is 0 Å². The Bertz CT molecular complexity index is 371. The summed E-state index contributed by atoms with van der Waals surface area (Å²) in [5.41, 5.74) is 2.87. The van der Waals surface area contributed by atoms with Crippen molar-refractivity contribution < 1.29 is 4.74 Å². The summed E-state index contributed by atoms with van der Waals surface area (Å²) < 4.78 is 5.40. The van der Waals surface area contributed by atoms with E-state index < -0.39 is 0 Å². The van der Waals surface area contributed by atoms with Crippen LogP contribution in [0.1, 0.15) is 36.4 Å². The van der Waals surface area contributed by atoms with Crippen molar-refractivity contribution in [2.75, 3.05) is 7.11 Å². The third-order valence-corrected chi connectivity index (χ3v) is 3.46. The average molecular weight is 203 g/mol. The van der Waals surface area contributed by atoms with E-state index in [1.54, 1.807) is 7.11 Å². The van der Waals surface area contributed by atoms with Crippen molar-refractivity contribution in [3.05, 3.63) is 29.3 Å². The molecule has 80 valence electrons. The first-order valence-electron chi connectivity index (χ1n) is 5.80. The fourth-order valence-corrected chi connectivity index (χ4v) is 2.52. The highest BCUT2D eigenvalue weighted by molar-refractivity contribution is 5.45. The van der Waals surface area contributed by atoms with Gasteiger partial charge >= 0.3 is 0 Å². The van der Waals surface area contributed by atoms with E-state index in [1.165, 1.54) is 30.4 Å². The first-order valence-corrected chi connectivity index (χ1v) is 5.80. The van der Waals surface area contributed by atoms with E-state index in [2.05, 4.69) is 23.5 Å². The summed E-state index contributed by atoms with van der Waals surface area (Å²) in [5, 5.41) is 3.70. The number of hydrogen-bond acceptors (Lipinski definition) is 2. The van der Waals surface area contributed by atoms with Gasteiger partial charge in [0.1, 0.15) is 5.75 Å². The molecule has 0 aliphatic heterocycles. The van der Waals surface area contributed by atoms with Gasteiger partial charge < -0.3 is 10.1 Å². The second kappa shape index (κ2) is 3.53. The average Bonchev–Trinajstić information content (AvgIpc) is 2.99. The molecule has 2 aliphatic carbocycles. The molecule has 2 nitrogen and oxygen atoms in total. The standard InChI is InChI=1S/C13H17NO/c1-15-13-4-2-3-10-11(13)7-8-12(10)14-9-5-6-9/h2-4,9,12,14H,5-8H2,1H3. The van der Waals surface area contributed by atoms with Crippen molar-refractivity contribution in [3.8, 4) is 5.75 Å². The maximum atomic E-state index is 5.40. The second-order valence-corrected chi connectivity index (χ2v) is 4.56. The number of fused-ring (bicyclic) bond motifs is 1. The first kappa shape index (κ1) is 9.22. The summed E-state index contributed by atoms with van der Waals surface area (Å²) in [6.45, 7) is 0. The lowest BCUT2D eigenvalue weighted by molar-refractivity contribution is 0.410. The molecular weight excluding hydrogens is 186 g/mol. The van der Waals surface area contributed by atoms with Gasteiger partial charge in [0.15, 0.2) is 0 Å². The molecule has 0 bridgehead atoms. The number of nitrogens with one attached hydrogen (secondary N) is 1. The summed E-state index contributed by atoms with van der Waals surface area (Å²) in [7, 11) is 1.76. The molecule has 2 aliphatic rings. The maximum Gasteiger partial charge on any atom is 0.122 e. The zero-order valence-electron chi connectivity index (χ0n) is 9.12. The Morgan fingerprint density at radius 1 is 1.27 bits per heavy atom. The Kier molecular flexibility index (Phi) is 2.17. The summed E-state index contributed by atoms with van der Waals surface area (Å²) in [5.74, 6) is 1.06. The van der Waals surface area contributed by atoms with Gasteiger partial charge in [-0.25, -0.2) is 0 Å². The van der Waals surface area contributed by atoms with Crippen LogP contribution in [0.5, 0.6) is 5.75 Å². The van der Waals surface area contributed by atoms with Gasteiger partial charge in [0.25, 0.3) is 0 Å². The van der Waals surface area contributed by atoms with E-state index in [1.807, 2.05) is 0 Å². The molecule has 1 N–H and O–H groups in total. The molecule has 1 aromatic rings. The van der Waals surface area contributed by atoms with Gasteiger partial charge in [0.2, 0.25) is 0 Å². The normalized spacial score (nSPS) is 23.9. The van der Waals surface area contributed by atoms with E-state index in [0.29, 0.717) is 6.04 Å². The molecule has 0 saturated heterocycles. The van der Waals surface area contributed by atoms with Crippen molar-refractivity contribution >= 4 is 0 Å². The fourth-order valence-electron chi connectivity index (χ4n) is 2.52. The van der Waals surface area contributed by atoms with Crippen LogP contribution < -0.4 is 10.1 Å². The van der Waals surface area contributed by atoms with Crippen molar-refractivity contribution in [3.63, 3.8) is 0 Å². The number of benzene rings is 1. The Morgan fingerprint density at radius 2 is 2.13 bits per heavy atom. The van der Waals surface area contributed by atoms with E-state index in [9.17, 15) is 0 Å². The van der Waals surface area contributed by atoms with Crippen molar-refractivity contribution in [1.82, 2.24) is 5.32 Å². The third-order valence-electron chi connectivity index (χ3n) is 3.46. The Labute approximate surface area is 90.6 Å². The van der Waals surface area contributed by atoms with Crippen LogP contribution in [0.25, 0.3) is 0 Å². The molecule has 1 fully saturated rings. The highest BCUT2D eigenvalue weighted by Gasteiger charge is 2.30. The minimum atomic E-state index is 0.572. The van der Waals surface area contributed by atoms with Crippen LogP contribution in [0.15, 0.2) is 18.2 Å². The largest absolute Gasteiger partial charge is 0.496 e. The number of methoxy groups -OCH3 is 1. The summed E-state index contributed by atoms with van der Waals surface area (Å²) in [4.78, 5) is 0. The molecule has 1 atom stereocenters. The molecule has 0 amide bonds. The highest BCUT2D eigenvalue weighted by atomic mass is 16.5. The molecule has 2 heteroatoms. The Balaban J connectivity index is 1.88. The molecule has 1 unspecified atom stereocenters. The van der Waals surface area contributed by atoms with Crippen molar-refractivity contribution in [2.45, 2.75) is 37.8 Å². The van der Waals surface area contributed by atoms with Crippen LogP contribution in [0, 0.1) is 0 Å². The van der Waals surface area contributed by atoms with Gasteiger partial charge in [-0.2, -0.15) is 0 Å². The summed E-state index contributed by atoms with van der Waals surface area (Å²) >= 11 is 0. The van der Waals surface area contributed by atoms with Crippen LogP contribution in [-0.4, -0.2) is 13.2 Å². The van der Waals surface area contributed by atoms with Crippen LogP contribution >= 0.6 is 0 Å². The Hall–Kier alpha value is -1.02. The van der Waals surface area contributed by atoms with E-state index in [0.717, 1.165) is 18.2 Å². The second-order valence-electron chi connectivity index (χ2n) is 4.56. The smallest absolute Gasteiger partial charge is 0.122 e. The zero-order chi connectivity index (χ0) is 10.3. The third kappa shape index (κ3) is 1.63. The van der Waals surface area contributed by atoms with Gasteiger partial charge in [0, 0.05) is 12.1 Å². The lowest BCUT2D eigenvalue weighted by Crippen LogP contribution is -2.21. The predicted molar refractivity (Wildman–Crippen MR) is 60.2 cm³/mol. The van der Waals surface area contributed by atoms with Gasteiger partial charge in [-0.05, 0) is 42.9 Å². The lowest BCUT2D eigenvalue weighted by atomic mass is 10.1. The van der Waals surface area contributed by atoms with Crippen molar-refractivity contribution in [2.24, 2.45) is 0 Å². The molecule has 0 spiro atoms. The van der Waals surface area contributed by atoms with Crippen LogP contribution in [0.4, 0.5) is 0 Å². The molecular formula is C13H17NO. The summed E-state index contributed by atoms with van der Waals surface area (Å²) in [6, 6.07) is 7.77. The number of ether oxygens (including phenoxy) is 1. The molecule has 3 rings (SSSR count). The highest BCUT2D eigenvalue weighted by Crippen LogP contribution is 2.38. The van der Waals surface area contributed by atoms with Gasteiger partial charge in [-0.3, -0.25) is 0 Å². The molecule has 0 aromatic heterocycles. The molecule has 0 radical (unpaired) electrons. The SMILES string of the molecule is COc1cccc2c1CCC2NC1CC1. The summed E-state index contributed by atoms with van der Waals surface area (Å²) in [6.07, 6.45) is 5.10. The minimum Gasteiger partial charge on any atom is -0.496 e. The number of hydrogen-bond donors (Lipinski definition) is 1. The lowest BCUT2D eigenvalue weighted by Gasteiger charge is -2.13. The van der Waals surface area contributed by atoms with Gasteiger partial charge in [-0.1, -0.05) is 12.1 Å². The van der Waals surface area contributed by atoms with Crippen LogP contribution in [0.2, 0.25) is 0 Å². The van der Waals surface area contributed by atoms with Crippen LogP contribution in [0.3, 0.4) is 0 Å². The molecule has 15 heavy (non-hydrogen) atoms. The monoisotopic (exact) mass is 203 g/mol. The molecule has 0 heterocycles. The maximum absolute atomic E-state index is 5.40. The topological polar surface area (TPSA) is 21.3 Å². The Morgan fingerprint density at radius 3 is 2.87 bits per heavy atom. The van der Waals surface area contributed by atoms with E-state index in [-0.39, 0.29) is 0 Å². The van der Waals surface area contributed by atoms with Gasteiger partial charge in [0.05, 0.1) is 7.11 Å². The molecule has 1 aromatic carbocycles. The zero-order valence-corrected chi connectivity index (χ0v) is 9.12. The fraction of sp³-hybridized carbons (Fsp3) is 0.538. The van der Waals surface area contributed by atoms with E-state index in [4.69, 9.17) is 4.74 Å². The quantitative estimate of drug-likeness (QED) is 0.814. The number of rotatable bonds is 3. The minimum absolute atomic E-state index is 0.572.